The van der Waals surface area contributed by atoms with Crippen LogP contribution in [-0.4, -0.2) is 19.0 Å². The minimum atomic E-state index is -0.641. The summed E-state index contributed by atoms with van der Waals surface area (Å²) in [4.78, 5) is 23.7. The lowest BCUT2D eigenvalue weighted by Gasteiger charge is -2.18. The van der Waals surface area contributed by atoms with E-state index >= 15 is 0 Å². The standard InChI is InChI=1S/C15H13Cl2NO4/c1-21-14(19)8-11(9-4-2-3-5-10(9)16)18-15(20)12-6-7-13(17)22-12/h2-7,11H,8H2,1H3,(H,18,20)/t11-/m0/s1. The highest BCUT2D eigenvalue weighted by atomic mass is 35.5. The summed E-state index contributed by atoms with van der Waals surface area (Å²) in [5.41, 5.74) is 0.612. The lowest BCUT2D eigenvalue weighted by Crippen LogP contribution is -2.30. The molecule has 5 nitrogen and oxygen atoms in total. The first-order valence-corrected chi connectivity index (χ1v) is 7.14. The number of furan rings is 1. The summed E-state index contributed by atoms with van der Waals surface area (Å²) in [5, 5.41) is 3.24. The molecule has 116 valence electrons. The molecule has 0 spiro atoms. The van der Waals surface area contributed by atoms with Gasteiger partial charge in [-0.3, -0.25) is 9.59 Å². The van der Waals surface area contributed by atoms with E-state index in [0.717, 1.165) is 0 Å². The molecule has 2 aromatic rings. The third kappa shape index (κ3) is 4.02. The van der Waals surface area contributed by atoms with Crippen molar-refractivity contribution in [2.24, 2.45) is 0 Å². The summed E-state index contributed by atoms with van der Waals surface area (Å²) in [6.45, 7) is 0. The predicted octanol–water partition coefficient (Wildman–Crippen LogP) is 3.62. The normalized spacial score (nSPS) is 11.8. The zero-order chi connectivity index (χ0) is 16.1. The third-order valence-corrected chi connectivity index (χ3v) is 3.53. The van der Waals surface area contributed by atoms with Crippen LogP contribution in [0.2, 0.25) is 10.2 Å². The average Bonchev–Trinajstić information content (AvgIpc) is 2.93. The number of hydrogen-bond acceptors (Lipinski definition) is 4. The smallest absolute Gasteiger partial charge is 0.307 e. The molecule has 1 amide bonds. The van der Waals surface area contributed by atoms with Gasteiger partial charge in [0.15, 0.2) is 11.0 Å². The summed E-state index contributed by atoms with van der Waals surface area (Å²) in [7, 11) is 1.28. The molecular weight excluding hydrogens is 329 g/mol. The number of halogens is 2. The minimum absolute atomic E-state index is 0.0481. The Morgan fingerprint density at radius 1 is 1.23 bits per heavy atom. The molecule has 0 unspecified atom stereocenters. The number of carbonyl (C=O) groups is 2. The van der Waals surface area contributed by atoms with E-state index in [-0.39, 0.29) is 17.4 Å². The fraction of sp³-hybridized carbons (Fsp3) is 0.200. The van der Waals surface area contributed by atoms with Crippen molar-refractivity contribution in [1.29, 1.82) is 0 Å². The van der Waals surface area contributed by atoms with Gasteiger partial charge in [0, 0.05) is 5.02 Å². The second-order valence-electron chi connectivity index (χ2n) is 4.43. The fourth-order valence-electron chi connectivity index (χ4n) is 1.91. The number of methoxy groups -OCH3 is 1. The van der Waals surface area contributed by atoms with Gasteiger partial charge in [0.2, 0.25) is 0 Å². The highest BCUT2D eigenvalue weighted by molar-refractivity contribution is 6.31. The zero-order valence-electron chi connectivity index (χ0n) is 11.6. The number of ether oxygens (including phenoxy) is 1. The number of benzene rings is 1. The van der Waals surface area contributed by atoms with Crippen LogP contribution in [0.5, 0.6) is 0 Å². The average molecular weight is 342 g/mol. The molecule has 0 aliphatic heterocycles. The highest BCUT2D eigenvalue weighted by Gasteiger charge is 2.23. The second kappa shape index (κ2) is 7.33. The first-order chi connectivity index (χ1) is 10.5. The van der Waals surface area contributed by atoms with Crippen LogP contribution in [0.4, 0.5) is 0 Å². The molecular formula is C15H13Cl2NO4. The first-order valence-electron chi connectivity index (χ1n) is 6.38. The van der Waals surface area contributed by atoms with Crippen molar-refractivity contribution < 1.29 is 18.7 Å². The molecule has 7 heteroatoms. The van der Waals surface area contributed by atoms with Crippen LogP contribution >= 0.6 is 23.2 Å². The van der Waals surface area contributed by atoms with Gasteiger partial charge in [0.1, 0.15) is 0 Å². The lowest BCUT2D eigenvalue weighted by atomic mass is 10.0. The van der Waals surface area contributed by atoms with E-state index in [1.54, 1.807) is 24.3 Å². The van der Waals surface area contributed by atoms with Crippen LogP contribution in [0.3, 0.4) is 0 Å². The maximum Gasteiger partial charge on any atom is 0.307 e. The summed E-state index contributed by atoms with van der Waals surface area (Å²) in [5.74, 6) is -0.921. The summed E-state index contributed by atoms with van der Waals surface area (Å²) >= 11 is 11.8. The largest absolute Gasteiger partial charge is 0.469 e. The van der Waals surface area contributed by atoms with E-state index < -0.39 is 17.9 Å². The quantitative estimate of drug-likeness (QED) is 0.843. The van der Waals surface area contributed by atoms with Crippen LogP contribution < -0.4 is 5.32 Å². The number of rotatable bonds is 5. The van der Waals surface area contributed by atoms with Crippen molar-refractivity contribution in [2.45, 2.75) is 12.5 Å². The Hall–Kier alpha value is -1.98. The molecule has 0 aliphatic carbocycles. The van der Waals surface area contributed by atoms with E-state index in [0.29, 0.717) is 10.6 Å². The van der Waals surface area contributed by atoms with Crippen LogP contribution in [-0.2, 0) is 9.53 Å². The Balaban J connectivity index is 2.23. The van der Waals surface area contributed by atoms with Gasteiger partial charge in [-0.2, -0.15) is 0 Å². The monoisotopic (exact) mass is 341 g/mol. The highest BCUT2D eigenvalue weighted by Crippen LogP contribution is 2.26. The van der Waals surface area contributed by atoms with Crippen LogP contribution in [0, 0.1) is 0 Å². The SMILES string of the molecule is COC(=O)C[C@H](NC(=O)c1ccc(Cl)o1)c1ccccc1Cl. The van der Waals surface area contributed by atoms with Crippen molar-refractivity contribution in [3.8, 4) is 0 Å². The van der Waals surface area contributed by atoms with E-state index in [2.05, 4.69) is 10.1 Å². The molecule has 1 atom stereocenters. The molecule has 22 heavy (non-hydrogen) atoms. The Morgan fingerprint density at radius 3 is 2.55 bits per heavy atom. The maximum absolute atomic E-state index is 12.2. The van der Waals surface area contributed by atoms with E-state index in [4.69, 9.17) is 27.6 Å². The van der Waals surface area contributed by atoms with Crippen LogP contribution in [0.25, 0.3) is 0 Å². The molecule has 0 bridgehead atoms. The second-order valence-corrected chi connectivity index (χ2v) is 5.21. The van der Waals surface area contributed by atoms with Gasteiger partial charge in [-0.1, -0.05) is 29.8 Å². The Bertz CT molecular complexity index is 684. The van der Waals surface area contributed by atoms with Crippen LogP contribution in [0.15, 0.2) is 40.8 Å². The Morgan fingerprint density at radius 2 is 1.95 bits per heavy atom. The summed E-state index contributed by atoms with van der Waals surface area (Å²) in [6.07, 6.45) is -0.0551. The predicted molar refractivity (Wildman–Crippen MR) is 82.0 cm³/mol. The topological polar surface area (TPSA) is 68.5 Å². The van der Waals surface area contributed by atoms with Crippen molar-refractivity contribution in [3.63, 3.8) is 0 Å². The van der Waals surface area contributed by atoms with Gasteiger partial charge < -0.3 is 14.5 Å². The summed E-state index contributed by atoms with van der Waals surface area (Å²) in [6, 6.07) is 9.19. The number of carbonyl (C=O) groups excluding carboxylic acids is 2. The van der Waals surface area contributed by atoms with Crippen molar-refractivity contribution in [2.75, 3.05) is 7.11 Å². The van der Waals surface area contributed by atoms with Gasteiger partial charge in [0.25, 0.3) is 5.91 Å². The molecule has 1 aromatic heterocycles. The summed E-state index contributed by atoms with van der Waals surface area (Å²) < 4.78 is 9.70. The number of amides is 1. The maximum atomic E-state index is 12.2. The molecule has 1 heterocycles. The number of nitrogens with one attached hydrogen (secondary N) is 1. The molecule has 2 rings (SSSR count). The molecule has 0 aliphatic rings. The third-order valence-electron chi connectivity index (χ3n) is 2.98. The van der Waals surface area contributed by atoms with Crippen LogP contribution in [0.1, 0.15) is 28.6 Å². The van der Waals surface area contributed by atoms with Gasteiger partial charge in [-0.25, -0.2) is 0 Å². The van der Waals surface area contributed by atoms with E-state index in [1.807, 2.05) is 0 Å². The van der Waals surface area contributed by atoms with E-state index in [1.165, 1.54) is 19.2 Å². The van der Waals surface area contributed by atoms with Crippen molar-refractivity contribution in [1.82, 2.24) is 5.32 Å². The molecule has 0 fully saturated rings. The van der Waals surface area contributed by atoms with E-state index in [9.17, 15) is 9.59 Å². The number of hydrogen-bond donors (Lipinski definition) is 1. The molecule has 0 saturated carbocycles. The zero-order valence-corrected chi connectivity index (χ0v) is 13.1. The Labute approximate surface area is 137 Å². The molecule has 0 saturated heterocycles. The van der Waals surface area contributed by atoms with Gasteiger partial charge in [0.05, 0.1) is 19.6 Å². The molecule has 0 radical (unpaired) electrons. The fourth-order valence-corrected chi connectivity index (χ4v) is 2.33. The molecule has 1 N–H and O–H groups in total. The first kappa shape index (κ1) is 16.4. The van der Waals surface area contributed by atoms with Gasteiger partial charge >= 0.3 is 5.97 Å². The number of esters is 1. The van der Waals surface area contributed by atoms with Crippen molar-refractivity contribution >= 4 is 35.1 Å². The molecule has 1 aromatic carbocycles. The van der Waals surface area contributed by atoms with Crippen molar-refractivity contribution in [3.05, 3.63) is 58.0 Å². The lowest BCUT2D eigenvalue weighted by molar-refractivity contribution is -0.141. The minimum Gasteiger partial charge on any atom is -0.469 e. The van der Waals surface area contributed by atoms with Gasteiger partial charge in [-0.15, -0.1) is 0 Å². The Kier molecular flexibility index (Phi) is 5.46. The van der Waals surface area contributed by atoms with Gasteiger partial charge in [-0.05, 0) is 35.4 Å².